The van der Waals surface area contributed by atoms with E-state index in [2.05, 4.69) is 6.08 Å². The monoisotopic (exact) mass is 386 g/mol. The van der Waals surface area contributed by atoms with Crippen molar-refractivity contribution in [1.29, 1.82) is 0 Å². The van der Waals surface area contributed by atoms with Crippen LogP contribution in [0.25, 0.3) is 22.3 Å². The van der Waals surface area contributed by atoms with Crippen LogP contribution >= 0.6 is 11.6 Å². The summed E-state index contributed by atoms with van der Waals surface area (Å²) in [5.41, 5.74) is 3.02. The predicted molar refractivity (Wildman–Crippen MR) is 105 cm³/mol. The third-order valence-electron chi connectivity index (χ3n) is 4.39. The molecule has 0 aromatic heterocycles. The van der Waals surface area contributed by atoms with Crippen LogP contribution in [0.1, 0.15) is 18.9 Å². The molecule has 0 aliphatic heterocycles. The molecule has 0 radical (unpaired) electrons. The van der Waals surface area contributed by atoms with E-state index in [1.165, 1.54) is 17.7 Å². The van der Waals surface area contributed by atoms with Crippen molar-refractivity contribution in [2.24, 2.45) is 0 Å². The first-order valence-corrected chi connectivity index (χ1v) is 9.02. The van der Waals surface area contributed by atoms with Crippen molar-refractivity contribution in [3.63, 3.8) is 0 Å². The van der Waals surface area contributed by atoms with Crippen LogP contribution in [0, 0.1) is 17.5 Å². The van der Waals surface area contributed by atoms with Gasteiger partial charge in [-0.15, -0.1) is 0 Å². The molecule has 3 aromatic rings. The molecule has 3 aromatic carbocycles. The normalized spacial score (nSPS) is 11.3. The van der Waals surface area contributed by atoms with Crippen molar-refractivity contribution in [2.75, 3.05) is 0 Å². The van der Waals surface area contributed by atoms with E-state index in [0.29, 0.717) is 5.56 Å². The van der Waals surface area contributed by atoms with E-state index in [-0.39, 0.29) is 11.1 Å². The molecule has 0 bridgehead atoms. The van der Waals surface area contributed by atoms with Gasteiger partial charge in [-0.05, 0) is 60.2 Å². The Hall–Kier alpha value is -2.52. The number of halogens is 4. The number of allylic oxidation sites excluding steroid dienone is 2. The lowest BCUT2D eigenvalue weighted by Crippen LogP contribution is -1.91. The highest BCUT2D eigenvalue weighted by Gasteiger charge is 2.13. The maximum atomic E-state index is 14.6. The number of rotatable bonds is 5. The first kappa shape index (κ1) is 19.2. The molecule has 0 atom stereocenters. The quantitative estimate of drug-likeness (QED) is 0.313. The SMILES string of the molecule is CC=CCCc1ccc(-c2ccc(-c3cc(F)c(Cl)c(F)c3)c(F)c2)cc1. The average Bonchev–Trinajstić information content (AvgIpc) is 2.66. The summed E-state index contributed by atoms with van der Waals surface area (Å²) in [6, 6.07) is 14.6. The second-order valence-electron chi connectivity index (χ2n) is 6.25. The van der Waals surface area contributed by atoms with Gasteiger partial charge >= 0.3 is 0 Å². The Morgan fingerprint density at radius 2 is 1.37 bits per heavy atom. The minimum atomic E-state index is -0.913. The van der Waals surface area contributed by atoms with Gasteiger partial charge in [0.25, 0.3) is 0 Å². The Morgan fingerprint density at radius 3 is 1.96 bits per heavy atom. The summed E-state index contributed by atoms with van der Waals surface area (Å²) < 4.78 is 41.9. The van der Waals surface area contributed by atoms with Gasteiger partial charge in [-0.3, -0.25) is 0 Å². The van der Waals surface area contributed by atoms with Gasteiger partial charge in [0.05, 0.1) is 0 Å². The molecule has 27 heavy (non-hydrogen) atoms. The second kappa shape index (κ2) is 8.45. The summed E-state index contributed by atoms with van der Waals surface area (Å²) >= 11 is 5.49. The molecule has 3 rings (SSSR count). The van der Waals surface area contributed by atoms with Crippen LogP contribution in [0.3, 0.4) is 0 Å². The molecule has 0 unspecified atom stereocenters. The summed E-state index contributed by atoms with van der Waals surface area (Å²) in [6.07, 6.45) is 6.07. The molecule has 0 spiro atoms. The summed E-state index contributed by atoms with van der Waals surface area (Å²) in [5.74, 6) is -2.38. The summed E-state index contributed by atoms with van der Waals surface area (Å²) in [7, 11) is 0. The highest BCUT2D eigenvalue weighted by molar-refractivity contribution is 6.31. The largest absolute Gasteiger partial charge is 0.206 e. The minimum Gasteiger partial charge on any atom is -0.206 e. The Balaban J connectivity index is 1.86. The van der Waals surface area contributed by atoms with Crippen LogP contribution in [0.15, 0.2) is 66.7 Å². The Bertz CT molecular complexity index is 952. The molecule has 0 saturated carbocycles. The van der Waals surface area contributed by atoms with Crippen molar-refractivity contribution in [2.45, 2.75) is 19.8 Å². The third kappa shape index (κ3) is 4.42. The smallest absolute Gasteiger partial charge is 0.145 e. The van der Waals surface area contributed by atoms with Crippen LogP contribution in [-0.4, -0.2) is 0 Å². The fourth-order valence-electron chi connectivity index (χ4n) is 2.92. The van der Waals surface area contributed by atoms with Gasteiger partial charge in [0.1, 0.15) is 22.5 Å². The van der Waals surface area contributed by atoms with Gasteiger partial charge in [0, 0.05) is 5.56 Å². The van der Waals surface area contributed by atoms with Gasteiger partial charge in [0.2, 0.25) is 0 Å². The van der Waals surface area contributed by atoms with Crippen LogP contribution in [0.2, 0.25) is 5.02 Å². The summed E-state index contributed by atoms with van der Waals surface area (Å²) in [5, 5.41) is -0.592. The molecule has 0 amide bonds. The van der Waals surface area contributed by atoms with Crippen LogP contribution < -0.4 is 0 Å². The fourth-order valence-corrected chi connectivity index (χ4v) is 3.03. The Kier molecular flexibility index (Phi) is 6.02. The molecule has 0 heterocycles. The topological polar surface area (TPSA) is 0 Å². The zero-order chi connectivity index (χ0) is 19.4. The Morgan fingerprint density at radius 1 is 0.778 bits per heavy atom. The van der Waals surface area contributed by atoms with Crippen LogP contribution in [-0.2, 0) is 6.42 Å². The lowest BCUT2D eigenvalue weighted by molar-refractivity contribution is 0.584. The summed E-state index contributed by atoms with van der Waals surface area (Å²) in [6.45, 7) is 1.99. The van der Waals surface area contributed by atoms with E-state index in [1.807, 2.05) is 37.3 Å². The van der Waals surface area contributed by atoms with Crippen molar-refractivity contribution < 1.29 is 13.2 Å². The molecule has 0 aliphatic carbocycles. The van der Waals surface area contributed by atoms with Crippen molar-refractivity contribution in [1.82, 2.24) is 0 Å². The average molecular weight is 387 g/mol. The summed E-state index contributed by atoms with van der Waals surface area (Å²) in [4.78, 5) is 0. The van der Waals surface area contributed by atoms with E-state index in [0.717, 1.165) is 30.5 Å². The first-order chi connectivity index (χ1) is 13.0. The zero-order valence-corrected chi connectivity index (χ0v) is 15.5. The molecule has 0 saturated heterocycles. The molecule has 4 heteroatoms. The number of benzene rings is 3. The maximum absolute atomic E-state index is 14.6. The van der Waals surface area contributed by atoms with E-state index < -0.39 is 22.5 Å². The van der Waals surface area contributed by atoms with E-state index >= 15 is 0 Å². The lowest BCUT2D eigenvalue weighted by Gasteiger charge is -2.09. The predicted octanol–water partition coefficient (Wildman–Crippen LogP) is 7.60. The molecule has 0 fully saturated rings. The van der Waals surface area contributed by atoms with Gasteiger partial charge < -0.3 is 0 Å². The number of hydrogen-bond acceptors (Lipinski definition) is 0. The molecule has 0 aliphatic rings. The van der Waals surface area contributed by atoms with E-state index in [4.69, 9.17) is 11.6 Å². The highest BCUT2D eigenvalue weighted by Crippen LogP contribution is 2.31. The van der Waals surface area contributed by atoms with Gasteiger partial charge in [0.15, 0.2) is 0 Å². The van der Waals surface area contributed by atoms with Crippen molar-refractivity contribution in [3.05, 3.63) is 94.8 Å². The van der Waals surface area contributed by atoms with Crippen molar-refractivity contribution in [3.8, 4) is 22.3 Å². The van der Waals surface area contributed by atoms with Gasteiger partial charge in [-0.25, -0.2) is 13.2 Å². The van der Waals surface area contributed by atoms with E-state index in [9.17, 15) is 13.2 Å². The molecular weight excluding hydrogens is 369 g/mol. The molecule has 0 nitrogen and oxygen atoms in total. The van der Waals surface area contributed by atoms with Gasteiger partial charge in [-0.2, -0.15) is 0 Å². The first-order valence-electron chi connectivity index (χ1n) is 8.64. The lowest BCUT2D eigenvalue weighted by atomic mass is 9.98. The standard InChI is InChI=1S/C23H18ClF3/c1-2-3-4-5-15-6-8-16(9-7-15)17-10-11-19(20(25)12-17)18-13-21(26)23(24)22(27)14-18/h2-3,6-14H,4-5H2,1H3. The van der Waals surface area contributed by atoms with Crippen molar-refractivity contribution >= 4 is 11.6 Å². The minimum absolute atomic E-state index is 0.109. The molecular formula is C23H18ClF3. The van der Waals surface area contributed by atoms with Gasteiger partial charge in [-0.1, -0.05) is 60.2 Å². The third-order valence-corrected chi connectivity index (χ3v) is 4.75. The van der Waals surface area contributed by atoms with E-state index in [1.54, 1.807) is 6.07 Å². The number of hydrogen-bond donors (Lipinski definition) is 0. The highest BCUT2D eigenvalue weighted by atomic mass is 35.5. The maximum Gasteiger partial charge on any atom is 0.145 e. The second-order valence-corrected chi connectivity index (χ2v) is 6.63. The molecule has 138 valence electrons. The van der Waals surface area contributed by atoms with Crippen LogP contribution in [0.4, 0.5) is 13.2 Å². The molecule has 0 N–H and O–H groups in total. The van der Waals surface area contributed by atoms with Crippen LogP contribution in [0.5, 0.6) is 0 Å². The zero-order valence-electron chi connectivity index (χ0n) is 14.8. The Labute approximate surface area is 161 Å². The number of aryl methyl sites for hydroxylation is 1. The fraction of sp³-hybridized carbons (Fsp3) is 0.130.